The molecule has 1 N–H and O–H groups in total. The Morgan fingerprint density at radius 3 is 2.40 bits per heavy atom. The van der Waals surface area contributed by atoms with E-state index >= 15 is 0 Å². The van der Waals surface area contributed by atoms with E-state index in [4.69, 9.17) is 4.98 Å². The normalized spacial score (nSPS) is 34.6. The maximum Gasteiger partial charge on any atom is 0.113 e. The predicted octanol–water partition coefficient (Wildman–Crippen LogP) is 4.67. The second kappa shape index (κ2) is 5.42. The van der Waals surface area contributed by atoms with Crippen LogP contribution < -0.4 is 5.32 Å². The molecule has 1 heterocycles. The highest BCUT2D eigenvalue weighted by Crippen LogP contribution is 2.45. The molecular formula is C17H28N2S. The number of rotatable bonds is 4. The zero-order chi connectivity index (χ0) is 14.3. The van der Waals surface area contributed by atoms with E-state index in [1.54, 1.807) is 0 Å². The average molecular weight is 292 g/mol. The summed E-state index contributed by atoms with van der Waals surface area (Å²) in [5, 5.41) is 7.61. The molecule has 2 aliphatic carbocycles. The Morgan fingerprint density at radius 2 is 1.90 bits per heavy atom. The minimum atomic E-state index is 0.163. The summed E-state index contributed by atoms with van der Waals surface area (Å²) in [4.78, 5) is 5.01. The molecule has 2 fully saturated rings. The maximum absolute atomic E-state index is 5.01. The van der Waals surface area contributed by atoms with Gasteiger partial charge in [0.15, 0.2) is 0 Å². The van der Waals surface area contributed by atoms with Gasteiger partial charge in [0.1, 0.15) is 5.01 Å². The van der Waals surface area contributed by atoms with Gasteiger partial charge in [-0.1, -0.05) is 27.7 Å². The van der Waals surface area contributed by atoms with E-state index in [2.05, 4.69) is 38.4 Å². The lowest BCUT2D eigenvalue weighted by Crippen LogP contribution is -2.48. The van der Waals surface area contributed by atoms with Crippen LogP contribution in [0.1, 0.15) is 76.4 Å². The largest absolute Gasteiger partial charge is 0.303 e. The Bertz CT molecular complexity index is 446. The van der Waals surface area contributed by atoms with Gasteiger partial charge in [-0.15, -0.1) is 11.3 Å². The van der Waals surface area contributed by atoms with Crippen molar-refractivity contribution in [3.05, 3.63) is 16.1 Å². The molecule has 1 aromatic heterocycles. The van der Waals surface area contributed by atoms with E-state index in [0.717, 1.165) is 17.9 Å². The molecule has 0 amide bonds. The van der Waals surface area contributed by atoms with Crippen molar-refractivity contribution >= 4 is 11.3 Å². The summed E-state index contributed by atoms with van der Waals surface area (Å²) >= 11 is 1.88. The first-order valence-electron chi connectivity index (χ1n) is 8.22. The Kier molecular flexibility index (Phi) is 3.93. The first kappa shape index (κ1) is 14.5. The van der Waals surface area contributed by atoms with Crippen LogP contribution in [0.2, 0.25) is 0 Å². The van der Waals surface area contributed by atoms with Crippen molar-refractivity contribution in [2.45, 2.75) is 77.3 Å². The molecule has 0 bridgehead atoms. The summed E-state index contributed by atoms with van der Waals surface area (Å²) in [6.45, 7) is 9.31. The minimum absolute atomic E-state index is 0.163. The van der Waals surface area contributed by atoms with Gasteiger partial charge in [-0.3, -0.25) is 0 Å². The third kappa shape index (κ3) is 2.94. The lowest BCUT2D eigenvalue weighted by atomic mass is 9.71. The van der Waals surface area contributed by atoms with Crippen LogP contribution in [0.4, 0.5) is 0 Å². The Hall–Kier alpha value is -0.410. The second-order valence-corrected chi connectivity index (χ2v) is 8.45. The van der Waals surface area contributed by atoms with Gasteiger partial charge < -0.3 is 5.32 Å². The topological polar surface area (TPSA) is 24.9 Å². The van der Waals surface area contributed by atoms with Crippen LogP contribution in [0.5, 0.6) is 0 Å². The van der Waals surface area contributed by atoms with Crippen molar-refractivity contribution in [1.82, 2.24) is 10.3 Å². The Balaban J connectivity index is 1.90. The fraction of sp³-hybridized carbons (Fsp3) is 0.824. The molecular weight excluding hydrogens is 264 g/mol. The molecule has 0 aromatic carbocycles. The average Bonchev–Trinajstić information content (AvgIpc) is 3.00. The number of thiazole rings is 1. The number of aromatic nitrogens is 1. The van der Waals surface area contributed by atoms with Gasteiger partial charge in [-0.05, 0) is 49.9 Å². The van der Waals surface area contributed by atoms with Gasteiger partial charge in [0.25, 0.3) is 0 Å². The quantitative estimate of drug-likeness (QED) is 0.872. The second-order valence-electron chi connectivity index (χ2n) is 7.59. The number of hydrogen-bond acceptors (Lipinski definition) is 3. The van der Waals surface area contributed by atoms with Crippen molar-refractivity contribution in [1.29, 1.82) is 0 Å². The number of nitrogens with zero attached hydrogens (tertiary/aromatic N) is 1. The molecule has 2 atom stereocenters. The van der Waals surface area contributed by atoms with Crippen molar-refractivity contribution in [3.63, 3.8) is 0 Å². The predicted molar refractivity (Wildman–Crippen MR) is 86.2 cm³/mol. The SMILES string of the molecule is CC1CC(C)CC(NC2CC2)(c2nc(C(C)C)cs2)C1. The van der Waals surface area contributed by atoms with E-state index < -0.39 is 0 Å². The molecule has 3 rings (SSSR count). The summed E-state index contributed by atoms with van der Waals surface area (Å²) in [6, 6.07) is 0.749. The molecule has 1 aromatic rings. The highest BCUT2D eigenvalue weighted by atomic mass is 32.1. The molecule has 2 saturated carbocycles. The molecule has 20 heavy (non-hydrogen) atoms. The molecule has 0 spiro atoms. The molecule has 0 saturated heterocycles. The molecule has 2 nitrogen and oxygen atoms in total. The van der Waals surface area contributed by atoms with E-state index in [1.165, 1.54) is 42.8 Å². The fourth-order valence-corrected chi connectivity index (χ4v) is 5.04. The van der Waals surface area contributed by atoms with Gasteiger partial charge in [0, 0.05) is 11.4 Å². The van der Waals surface area contributed by atoms with Crippen LogP contribution in [0.25, 0.3) is 0 Å². The van der Waals surface area contributed by atoms with Crippen molar-refractivity contribution < 1.29 is 0 Å². The molecule has 0 radical (unpaired) electrons. The van der Waals surface area contributed by atoms with Gasteiger partial charge in [0.2, 0.25) is 0 Å². The van der Waals surface area contributed by atoms with Crippen LogP contribution in [0.15, 0.2) is 5.38 Å². The maximum atomic E-state index is 5.01. The molecule has 2 aliphatic rings. The van der Waals surface area contributed by atoms with Crippen molar-refractivity contribution in [2.24, 2.45) is 11.8 Å². The third-order valence-corrected chi connectivity index (χ3v) is 5.84. The van der Waals surface area contributed by atoms with E-state index in [0.29, 0.717) is 5.92 Å². The third-order valence-electron chi connectivity index (χ3n) is 4.78. The van der Waals surface area contributed by atoms with Gasteiger partial charge in [-0.25, -0.2) is 4.98 Å². The summed E-state index contributed by atoms with van der Waals surface area (Å²) in [6.07, 6.45) is 6.61. The van der Waals surface area contributed by atoms with Crippen LogP contribution in [-0.2, 0) is 5.54 Å². The highest BCUT2D eigenvalue weighted by molar-refractivity contribution is 7.09. The lowest BCUT2D eigenvalue weighted by molar-refractivity contribution is 0.141. The Morgan fingerprint density at radius 1 is 1.25 bits per heavy atom. The monoisotopic (exact) mass is 292 g/mol. The first-order chi connectivity index (χ1) is 9.48. The van der Waals surface area contributed by atoms with Crippen LogP contribution in [0.3, 0.4) is 0 Å². The molecule has 3 heteroatoms. The first-order valence-corrected chi connectivity index (χ1v) is 9.10. The molecule has 112 valence electrons. The summed E-state index contributed by atoms with van der Waals surface area (Å²) in [7, 11) is 0. The summed E-state index contributed by atoms with van der Waals surface area (Å²) < 4.78 is 0. The number of nitrogens with one attached hydrogen (secondary N) is 1. The number of hydrogen-bond donors (Lipinski definition) is 1. The van der Waals surface area contributed by atoms with E-state index in [1.807, 2.05) is 11.3 Å². The van der Waals surface area contributed by atoms with Crippen molar-refractivity contribution in [3.8, 4) is 0 Å². The van der Waals surface area contributed by atoms with Gasteiger partial charge >= 0.3 is 0 Å². The van der Waals surface area contributed by atoms with E-state index in [9.17, 15) is 0 Å². The van der Waals surface area contributed by atoms with Gasteiger partial charge in [0.05, 0.1) is 11.2 Å². The van der Waals surface area contributed by atoms with Crippen LogP contribution in [-0.4, -0.2) is 11.0 Å². The van der Waals surface area contributed by atoms with E-state index in [-0.39, 0.29) is 5.54 Å². The van der Waals surface area contributed by atoms with Crippen LogP contribution in [0, 0.1) is 11.8 Å². The standard InChI is InChI=1S/C17H28N2S/c1-11(2)15-10-20-16(18-15)17(19-14-5-6-14)8-12(3)7-13(4)9-17/h10-14,19H,5-9H2,1-4H3. The van der Waals surface area contributed by atoms with Gasteiger partial charge in [-0.2, -0.15) is 0 Å². The highest BCUT2D eigenvalue weighted by Gasteiger charge is 2.44. The zero-order valence-electron chi connectivity index (χ0n) is 13.3. The summed E-state index contributed by atoms with van der Waals surface area (Å²) in [5.74, 6) is 2.14. The fourth-order valence-electron chi connectivity index (χ4n) is 3.87. The zero-order valence-corrected chi connectivity index (χ0v) is 14.1. The lowest BCUT2D eigenvalue weighted by Gasteiger charge is -2.42. The molecule has 0 aliphatic heterocycles. The Labute approximate surface area is 127 Å². The smallest absolute Gasteiger partial charge is 0.113 e. The van der Waals surface area contributed by atoms with Crippen molar-refractivity contribution in [2.75, 3.05) is 0 Å². The summed E-state index contributed by atoms with van der Waals surface area (Å²) in [5.41, 5.74) is 1.43. The van der Waals surface area contributed by atoms with Crippen LogP contribution >= 0.6 is 11.3 Å². The minimum Gasteiger partial charge on any atom is -0.303 e. The molecule has 2 unspecified atom stereocenters.